The Bertz CT molecular complexity index is 1260. The number of hydrogen-bond donors (Lipinski definition) is 1. The van der Waals surface area contributed by atoms with Crippen molar-refractivity contribution in [1.29, 1.82) is 0 Å². The van der Waals surface area contributed by atoms with E-state index in [4.69, 9.17) is 19.4 Å². The molecule has 31 heavy (non-hydrogen) atoms. The van der Waals surface area contributed by atoms with Gasteiger partial charge in [0, 0.05) is 31.5 Å². The van der Waals surface area contributed by atoms with Crippen LogP contribution in [-0.4, -0.2) is 31.3 Å². The van der Waals surface area contributed by atoms with Gasteiger partial charge in [-0.05, 0) is 43.1 Å². The summed E-state index contributed by atoms with van der Waals surface area (Å²) >= 11 is 7.10. The second-order valence-corrected chi connectivity index (χ2v) is 9.72. The van der Waals surface area contributed by atoms with Crippen molar-refractivity contribution in [2.45, 2.75) is 46.5 Å². The number of halogens is 1. The highest BCUT2D eigenvalue weighted by molar-refractivity contribution is 7.16. The first-order chi connectivity index (χ1) is 15.3. The van der Waals surface area contributed by atoms with E-state index in [-0.39, 0.29) is 36.6 Å². The molecule has 0 bridgehead atoms. The van der Waals surface area contributed by atoms with Crippen LogP contribution in [-0.2, 0) is 24.1 Å². The largest absolute Gasteiger partial charge is 0.481 e. The minimum atomic E-state index is -1.82. The van der Waals surface area contributed by atoms with Gasteiger partial charge in [-0.15, -0.1) is 11.3 Å². The molecule has 9 heteroatoms. The van der Waals surface area contributed by atoms with E-state index in [9.17, 15) is 14.4 Å². The molecule has 0 atom stereocenters. The van der Waals surface area contributed by atoms with Gasteiger partial charge in [-0.1, -0.05) is 32.4 Å². The number of rotatable bonds is 7. The number of aryl methyl sites for hydroxylation is 3. The Labute approximate surface area is 191 Å². The van der Waals surface area contributed by atoms with Crippen LogP contribution in [0.4, 0.5) is 0 Å². The fourth-order valence-electron chi connectivity index (χ4n) is 2.88. The molecule has 164 valence electrons. The summed E-state index contributed by atoms with van der Waals surface area (Å²) in [5, 5.41) is 13.3. The molecule has 0 aliphatic heterocycles. The minimum absolute atomic E-state index is 0.00180. The van der Waals surface area contributed by atoms with Crippen LogP contribution < -0.4 is 5.56 Å². The highest BCUT2D eigenvalue weighted by Crippen LogP contribution is 2.25. The fourth-order valence-corrected chi connectivity index (χ4v) is 3.82. The van der Waals surface area contributed by atoms with E-state index >= 15 is 0 Å². The van der Waals surface area contributed by atoms with Gasteiger partial charge in [-0.25, -0.2) is 4.68 Å². The van der Waals surface area contributed by atoms with Gasteiger partial charge < -0.3 is 9.67 Å². The number of pyridine rings is 1. The van der Waals surface area contributed by atoms with Gasteiger partial charge >= 0.3 is 5.97 Å². The summed E-state index contributed by atoms with van der Waals surface area (Å²) in [6.07, 6.45) is -0.691. The van der Waals surface area contributed by atoms with Crippen LogP contribution in [0.1, 0.15) is 45.3 Å². The second kappa shape index (κ2) is 9.20. The van der Waals surface area contributed by atoms with Gasteiger partial charge in [0.25, 0.3) is 11.5 Å². The van der Waals surface area contributed by atoms with Gasteiger partial charge in [0.2, 0.25) is 0 Å². The maximum Gasteiger partial charge on any atom is 0.305 e. The summed E-state index contributed by atoms with van der Waals surface area (Å²) < 4.78 is 20.0. The van der Waals surface area contributed by atoms with Crippen LogP contribution in [0, 0.1) is 5.41 Å². The number of nitrogens with zero attached hydrogens (tertiary/aromatic N) is 3. The molecule has 0 spiro atoms. The van der Waals surface area contributed by atoms with Crippen molar-refractivity contribution < 1.29 is 17.4 Å². The number of carbonyl (C=O) groups is 2. The zero-order chi connectivity index (χ0) is 24.6. The number of carbonyl (C=O) groups excluding carboxylic acids is 1. The van der Waals surface area contributed by atoms with E-state index in [2.05, 4.69) is 5.10 Å². The Kier molecular flexibility index (Phi) is 5.99. The van der Waals surface area contributed by atoms with Crippen molar-refractivity contribution in [2.75, 3.05) is 0 Å². The molecular formula is C22H24ClN3O4S. The van der Waals surface area contributed by atoms with Gasteiger partial charge in [0.05, 0.1) is 22.0 Å². The Hall–Kier alpha value is -2.71. The average molecular weight is 464 g/mol. The molecule has 3 heterocycles. The van der Waals surface area contributed by atoms with Crippen molar-refractivity contribution in [1.82, 2.24) is 14.3 Å². The van der Waals surface area contributed by atoms with Crippen LogP contribution in [0.5, 0.6) is 0 Å². The van der Waals surface area contributed by atoms with Crippen molar-refractivity contribution in [2.24, 2.45) is 5.41 Å². The first-order valence-corrected chi connectivity index (χ1v) is 10.8. The summed E-state index contributed by atoms with van der Waals surface area (Å²) in [7, 11) is 0. The van der Waals surface area contributed by atoms with Crippen molar-refractivity contribution >= 4 is 34.8 Å². The molecule has 0 saturated heterocycles. The predicted molar refractivity (Wildman–Crippen MR) is 121 cm³/mol. The summed E-state index contributed by atoms with van der Waals surface area (Å²) in [6.45, 7) is 5.19. The molecule has 0 unspecified atom stereocenters. The number of carboxylic acids is 1. The summed E-state index contributed by atoms with van der Waals surface area (Å²) in [6, 6.07) is 7.92. The Morgan fingerprint density at radius 3 is 2.65 bits per heavy atom. The number of carboxylic acid groups (broad SMARTS) is 1. The fraction of sp³-hybridized carbons (Fsp3) is 0.364. The highest BCUT2D eigenvalue weighted by atomic mass is 35.5. The Balaban J connectivity index is 2.08. The summed E-state index contributed by atoms with van der Waals surface area (Å²) in [5.41, 5.74) is -0.498. The SMILES string of the molecule is [2H]C([2H])(Cc1cc(-c2cccn(CCC(=O)O)c2=O)nn1C(=O)C(C)(C)C)c1ccc(Cl)s1. The Morgan fingerprint density at radius 2 is 2.03 bits per heavy atom. The molecule has 0 aliphatic rings. The van der Waals surface area contributed by atoms with E-state index in [0.29, 0.717) is 14.9 Å². The maximum atomic E-state index is 13.1. The third-order valence-electron chi connectivity index (χ3n) is 4.50. The molecular weight excluding hydrogens is 438 g/mol. The lowest BCUT2D eigenvalue weighted by Gasteiger charge is -2.17. The molecule has 3 aromatic heterocycles. The van der Waals surface area contributed by atoms with Crippen LogP contribution >= 0.6 is 22.9 Å². The molecule has 1 N–H and O–H groups in total. The molecule has 0 saturated carbocycles. The van der Waals surface area contributed by atoms with Gasteiger partial charge in [-0.2, -0.15) is 5.10 Å². The predicted octanol–water partition coefficient (Wildman–Crippen LogP) is 4.37. The lowest BCUT2D eigenvalue weighted by Crippen LogP contribution is -2.29. The average Bonchev–Trinajstić information content (AvgIpc) is 3.32. The lowest BCUT2D eigenvalue weighted by molar-refractivity contribution is -0.137. The van der Waals surface area contributed by atoms with Crippen LogP contribution in [0.2, 0.25) is 4.34 Å². The molecule has 0 aliphatic carbocycles. The Morgan fingerprint density at radius 1 is 1.29 bits per heavy atom. The number of hydrogen-bond acceptors (Lipinski definition) is 5. The highest BCUT2D eigenvalue weighted by Gasteiger charge is 2.27. The smallest absolute Gasteiger partial charge is 0.305 e. The molecule has 7 nitrogen and oxygen atoms in total. The molecule has 3 aromatic rings. The van der Waals surface area contributed by atoms with E-state index in [1.165, 1.54) is 16.8 Å². The lowest BCUT2D eigenvalue weighted by atomic mass is 9.95. The van der Waals surface area contributed by atoms with Crippen molar-refractivity contribution in [3.05, 3.63) is 61.8 Å². The zero-order valence-corrected chi connectivity index (χ0v) is 19.0. The maximum absolute atomic E-state index is 13.1. The van der Waals surface area contributed by atoms with E-state index < -0.39 is 23.3 Å². The molecule has 3 rings (SSSR count). The number of aromatic nitrogens is 3. The third-order valence-corrected chi connectivity index (χ3v) is 5.69. The summed E-state index contributed by atoms with van der Waals surface area (Å²) in [5.74, 6) is -1.36. The first kappa shape index (κ1) is 20.2. The topological polar surface area (TPSA) is 94.2 Å². The van der Waals surface area contributed by atoms with Gasteiger partial charge in [0.1, 0.15) is 0 Å². The molecule has 0 radical (unpaired) electrons. The third kappa shape index (κ3) is 5.51. The van der Waals surface area contributed by atoms with E-state index in [0.717, 1.165) is 16.0 Å². The van der Waals surface area contributed by atoms with E-state index in [1.807, 2.05) is 0 Å². The van der Waals surface area contributed by atoms with Crippen LogP contribution in [0.15, 0.2) is 41.3 Å². The second-order valence-electron chi connectivity index (χ2n) is 8.01. The monoisotopic (exact) mass is 463 g/mol. The van der Waals surface area contributed by atoms with Crippen LogP contribution in [0.25, 0.3) is 11.3 Å². The van der Waals surface area contributed by atoms with Crippen molar-refractivity contribution in [3.63, 3.8) is 0 Å². The van der Waals surface area contributed by atoms with Crippen LogP contribution in [0.3, 0.4) is 0 Å². The quantitative estimate of drug-likeness (QED) is 0.561. The number of aliphatic carboxylic acids is 1. The number of thiophene rings is 1. The van der Waals surface area contributed by atoms with Crippen molar-refractivity contribution in [3.8, 4) is 11.3 Å². The molecule has 0 aromatic carbocycles. The van der Waals surface area contributed by atoms with Gasteiger partial charge in [-0.3, -0.25) is 14.4 Å². The molecule has 0 amide bonds. The summed E-state index contributed by atoms with van der Waals surface area (Å²) in [4.78, 5) is 37.3. The van der Waals surface area contributed by atoms with Gasteiger partial charge in [0.15, 0.2) is 0 Å². The first-order valence-electron chi connectivity index (χ1n) is 10.6. The minimum Gasteiger partial charge on any atom is -0.481 e. The standard InChI is InChI=1S/C22H24ClN3O4S/c1-22(2,3)21(30)26-14(6-7-15-8-9-18(23)31-15)13-17(24-26)16-5-4-11-25(20(16)29)12-10-19(27)28/h4-5,8-9,11,13H,6-7,10,12H2,1-3H3,(H,27,28)/i7D2. The van der Waals surface area contributed by atoms with E-state index in [1.54, 1.807) is 45.0 Å². The zero-order valence-electron chi connectivity index (χ0n) is 19.4. The normalized spacial score (nSPS) is 13.0. The molecule has 0 fully saturated rings.